The van der Waals surface area contributed by atoms with Crippen molar-refractivity contribution in [2.24, 2.45) is 0 Å². The monoisotopic (exact) mass is 377 g/mol. The molecule has 0 aliphatic heterocycles. The Hall–Kier alpha value is -3.25. The van der Waals surface area contributed by atoms with E-state index in [0.717, 1.165) is 32.0 Å². The van der Waals surface area contributed by atoms with Crippen molar-refractivity contribution in [2.45, 2.75) is 6.92 Å². The Bertz CT molecular complexity index is 1180. The number of ether oxygens (including phenoxy) is 1. The van der Waals surface area contributed by atoms with E-state index >= 15 is 0 Å². The lowest BCUT2D eigenvalue weighted by Crippen LogP contribution is -2.02. The number of carbonyl (C=O) groups excluding carboxylic acids is 1. The molecule has 4 rings (SSSR count). The van der Waals surface area contributed by atoms with E-state index in [9.17, 15) is 14.9 Å². The molecule has 0 bridgehead atoms. The Morgan fingerprint density at radius 3 is 2.48 bits per heavy atom. The number of hydrogen-bond donors (Lipinski definition) is 0. The Morgan fingerprint density at radius 2 is 1.78 bits per heavy atom. The molecule has 6 heteroatoms. The fourth-order valence-electron chi connectivity index (χ4n) is 3.20. The minimum Gasteiger partial charge on any atom is -0.462 e. The van der Waals surface area contributed by atoms with Crippen molar-refractivity contribution >= 4 is 44.5 Å². The number of benzene rings is 3. The number of esters is 1. The minimum absolute atomic E-state index is 0.0371. The van der Waals surface area contributed by atoms with Crippen molar-refractivity contribution in [3.05, 3.63) is 75.7 Å². The van der Waals surface area contributed by atoms with Gasteiger partial charge in [-0.1, -0.05) is 36.4 Å². The van der Waals surface area contributed by atoms with Crippen LogP contribution >= 0.6 is 11.3 Å². The van der Waals surface area contributed by atoms with Crippen molar-refractivity contribution in [3.8, 4) is 10.4 Å². The van der Waals surface area contributed by atoms with Crippen molar-refractivity contribution in [1.29, 1.82) is 0 Å². The molecule has 0 N–H and O–H groups in total. The maximum atomic E-state index is 12.5. The number of non-ortho nitro benzene ring substituents is 1. The van der Waals surface area contributed by atoms with Crippen LogP contribution in [0.2, 0.25) is 0 Å². The molecule has 134 valence electrons. The summed E-state index contributed by atoms with van der Waals surface area (Å²) in [6.07, 6.45) is 0. The van der Waals surface area contributed by atoms with E-state index in [-0.39, 0.29) is 11.7 Å². The highest BCUT2D eigenvalue weighted by molar-refractivity contribution is 7.19. The molecule has 0 saturated carbocycles. The summed E-state index contributed by atoms with van der Waals surface area (Å²) in [5, 5.41) is 14.9. The van der Waals surface area contributed by atoms with Crippen LogP contribution in [0.25, 0.3) is 32.0 Å². The maximum Gasteiger partial charge on any atom is 0.348 e. The Balaban J connectivity index is 2.02. The molecule has 3 aromatic carbocycles. The molecule has 4 aromatic rings. The van der Waals surface area contributed by atoms with Crippen LogP contribution in [0.15, 0.2) is 60.7 Å². The molecule has 27 heavy (non-hydrogen) atoms. The molecular formula is C21H15NO4S. The lowest BCUT2D eigenvalue weighted by atomic mass is 10.00. The smallest absolute Gasteiger partial charge is 0.348 e. The first-order valence-electron chi connectivity index (χ1n) is 8.46. The number of carbonyl (C=O) groups is 1. The molecule has 0 aliphatic rings. The lowest BCUT2D eigenvalue weighted by Gasteiger charge is -2.04. The van der Waals surface area contributed by atoms with Gasteiger partial charge in [-0.25, -0.2) is 4.79 Å². The first-order valence-corrected chi connectivity index (χ1v) is 9.28. The fourth-order valence-corrected chi connectivity index (χ4v) is 4.40. The van der Waals surface area contributed by atoms with Crippen LogP contribution in [-0.4, -0.2) is 17.5 Å². The molecule has 1 heterocycles. The summed E-state index contributed by atoms with van der Waals surface area (Å²) in [4.78, 5) is 24.5. The van der Waals surface area contributed by atoms with Gasteiger partial charge in [0.1, 0.15) is 4.88 Å². The average molecular weight is 377 g/mol. The van der Waals surface area contributed by atoms with Crippen LogP contribution in [-0.2, 0) is 4.74 Å². The normalized spacial score (nSPS) is 11.0. The largest absolute Gasteiger partial charge is 0.462 e. The second-order valence-corrected chi connectivity index (χ2v) is 7.01. The molecule has 0 unspecified atom stereocenters. The van der Waals surface area contributed by atoms with Gasteiger partial charge in [0.15, 0.2) is 0 Å². The molecule has 1 aromatic heterocycles. The third-order valence-corrected chi connectivity index (χ3v) is 5.64. The predicted octanol–water partition coefficient (Wildman–Crippen LogP) is 5.81. The quantitative estimate of drug-likeness (QED) is 0.256. The molecule has 5 nitrogen and oxygen atoms in total. The summed E-state index contributed by atoms with van der Waals surface area (Å²) in [5.74, 6) is -0.351. The zero-order valence-electron chi connectivity index (χ0n) is 14.5. The van der Waals surface area contributed by atoms with E-state index in [1.165, 1.54) is 23.5 Å². The van der Waals surface area contributed by atoms with Crippen LogP contribution in [0.4, 0.5) is 5.69 Å². The van der Waals surface area contributed by atoms with Crippen molar-refractivity contribution in [3.63, 3.8) is 0 Å². The molecule has 0 fully saturated rings. The number of nitro benzene ring substituents is 1. The van der Waals surface area contributed by atoms with E-state index in [1.54, 1.807) is 19.1 Å². The van der Waals surface area contributed by atoms with Gasteiger partial charge >= 0.3 is 5.97 Å². The second-order valence-electron chi connectivity index (χ2n) is 5.99. The maximum absolute atomic E-state index is 12.5. The van der Waals surface area contributed by atoms with Gasteiger partial charge in [-0.2, -0.15) is 0 Å². The highest BCUT2D eigenvalue weighted by Crippen LogP contribution is 2.43. The van der Waals surface area contributed by atoms with Crippen LogP contribution in [0.3, 0.4) is 0 Å². The Labute approximate surface area is 159 Å². The summed E-state index contributed by atoms with van der Waals surface area (Å²) < 4.78 is 5.23. The van der Waals surface area contributed by atoms with E-state index < -0.39 is 4.92 Å². The third-order valence-electron chi connectivity index (χ3n) is 4.41. The average Bonchev–Trinajstić information content (AvgIpc) is 3.08. The summed E-state index contributed by atoms with van der Waals surface area (Å²) in [7, 11) is 0. The van der Waals surface area contributed by atoms with Crippen LogP contribution < -0.4 is 0 Å². The summed E-state index contributed by atoms with van der Waals surface area (Å²) in [5.41, 5.74) is 0.873. The molecule has 0 saturated heterocycles. The topological polar surface area (TPSA) is 69.4 Å². The van der Waals surface area contributed by atoms with E-state index in [4.69, 9.17) is 4.74 Å². The number of nitro groups is 1. The number of rotatable bonds is 4. The number of hydrogen-bond acceptors (Lipinski definition) is 5. The third kappa shape index (κ3) is 2.94. The number of thiophene rings is 1. The van der Waals surface area contributed by atoms with Crippen LogP contribution in [0.5, 0.6) is 0 Å². The van der Waals surface area contributed by atoms with Gasteiger partial charge in [-0.15, -0.1) is 11.3 Å². The number of fused-ring (bicyclic) bond motifs is 3. The van der Waals surface area contributed by atoms with Gasteiger partial charge in [-0.05, 0) is 35.4 Å². The van der Waals surface area contributed by atoms with Crippen molar-refractivity contribution in [1.82, 2.24) is 0 Å². The van der Waals surface area contributed by atoms with Crippen molar-refractivity contribution < 1.29 is 14.5 Å². The molecule has 0 radical (unpaired) electrons. The minimum atomic E-state index is -0.421. The van der Waals surface area contributed by atoms with Crippen LogP contribution in [0.1, 0.15) is 16.6 Å². The lowest BCUT2D eigenvalue weighted by molar-refractivity contribution is -0.384. The highest BCUT2D eigenvalue weighted by Gasteiger charge is 2.21. The van der Waals surface area contributed by atoms with Gasteiger partial charge in [0.2, 0.25) is 0 Å². The molecule has 0 spiro atoms. The summed E-state index contributed by atoms with van der Waals surface area (Å²) >= 11 is 1.36. The number of nitrogens with zero attached hydrogens (tertiary/aromatic N) is 1. The SMILES string of the molecule is CCOC(=O)c1sc(-c2ccc([N+](=O)[O-])cc2)c2c1ccc1ccccc12. The van der Waals surface area contributed by atoms with Gasteiger partial charge in [0, 0.05) is 27.8 Å². The summed E-state index contributed by atoms with van der Waals surface area (Å²) in [6, 6.07) is 18.3. The molecule has 0 aliphatic carbocycles. The zero-order chi connectivity index (χ0) is 19.0. The standard InChI is InChI=1S/C21H15NO4S/c1-2-26-21(23)20-17-12-9-13-5-3-4-6-16(13)18(17)19(27-20)14-7-10-15(11-8-14)22(24)25/h3-12H,2H2,1H3. The molecule has 0 amide bonds. The van der Waals surface area contributed by atoms with E-state index in [2.05, 4.69) is 0 Å². The summed E-state index contributed by atoms with van der Waals surface area (Å²) in [6.45, 7) is 2.08. The van der Waals surface area contributed by atoms with E-state index in [0.29, 0.717) is 11.5 Å². The van der Waals surface area contributed by atoms with Gasteiger partial charge in [-0.3, -0.25) is 10.1 Å². The first kappa shape index (κ1) is 17.2. The van der Waals surface area contributed by atoms with Gasteiger partial charge < -0.3 is 4.74 Å². The molecule has 0 atom stereocenters. The Morgan fingerprint density at radius 1 is 1.04 bits per heavy atom. The fraction of sp³-hybridized carbons (Fsp3) is 0.0952. The first-order chi connectivity index (χ1) is 13.1. The van der Waals surface area contributed by atoms with Gasteiger partial charge in [0.05, 0.1) is 11.5 Å². The molecular weight excluding hydrogens is 362 g/mol. The Kier molecular flexibility index (Phi) is 4.33. The predicted molar refractivity (Wildman–Crippen MR) is 107 cm³/mol. The second kappa shape index (κ2) is 6.81. The van der Waals surface area contributed by atoms with Gasteiger partial charge in [0.25, 0.3) is 5.69 Å². The zero-order valence-corrected chi connectivity index (χ0v) is 15.3. The van der Waals surface area contributed by atoms with Crippen molar-refractivity contribution in [2.75, 3.05) is 6.61 Å². The van der Waals surface area contributed by atoms with Crippen LogP contribution in [0, 0.1) is 10.1 Å². The highest BCUT2D eigenvalue weighted by atomic mass is 32.1. The van der Waals surface area contributed by atoms with E-state index in [1.807, 2.05) is 36.4 Å².